The van der Waals surface area contributed by atoms with Gasteiger partial charge in [0.25, 0.3) is 0 Å². The van der Waals surface area contributed by atoms with Crippen molar-refractivity contribution in [2.45, 2.75) is 19.8 Å². The lowest BCUT2D eigenvalue weighted by molar-refractivity contribution is -0.126. The molecule has 6 nitrogen and oxygen atoms in total. The third-order valence-corrected chi connectivity index (χ3v) is 5.15. The van der Waals surface area contributed by atoms with Crippen LogP contribution in [0.1, 0.15) is 18.4 Å². The Balaban J connectivity index is 1.74. The lowest BCUT2D eigenvalue weighted by atomic mass is 9.99. The summed E-state index contributed by atoms with van der Waals surface area (Å²) in [4.78, 5) is 12.1. The van der Waals surface area contributed by atoms with Gasteiger partial charge in [0.15, 0.2) is 0 Å². The third kappa shape index (κ3) is 5.51. The third-order valence-electron chi connectivity index (χ3n) is 3.88. The summed E-state index contributed by atoms with van der Waals surface area (Å²) in [5, 5.41) is 2.82. The maximum Gasteiger partial charge on any atom is 0.224 e. The highest BCUT2D eigenvalue weighted by Gasteiger charge is 2.29. The molecule has 7 heteroatoms. The molecule has 0 aliphatic carbocycles. The van der Waals surface area contributed by atoms with E-state index in [0.717, 1.165) is 17.7 Å². The van der Waals surface area contributed by atoms with Gasteiger partial charge in [-0.15, -0.1) is 0 Å². The van der Waals surface area contributed by atoms with E-state index in [1.165, 1.54) is 10.6 Å². The first kappa shape index (κ1) is 17.7. The summed E-state index contributed by atoms with van der Waals surface area (Å²) in [7, 11) is -3.23. The second-order valence-corrected chi connectivity index (χ2v) is 7.90. The number of nitrogens with zero attached hydrogens (tertiary/aromatic N) is 1. The fourth-order valence-electron chi connectivity index (χ4n) is 2.65. The SMILES string of the molecule is Cc1cccc(OCCNC(=O)[C@@H]2CCCN(S(C)(=O)=O)C2)c1. The zero-order valence-corrected chi connectivity index (χ0v) is 14.4. The molecule has 0 aromatic heterocycles. The molecule has 0 radical (unpaired) electrons. The molecule has 0 saturated carbocycles. The zero-order chi connectivity index (χ0) is 16.9. The molecule has 1 aromatic rings. The number of nitrogens with one attached hydrogen (secondary N) is 1. The van der Waals surface area contributed by atoms with Crippen molar-refractivity contribution in [2.75, 3.05) is 32.5 Å². The van der Waals surface area contributed by atoms with Crippen molar-refractivity contribution in [3.05, 3.63) is 29.8 Å². The Bertz CT molecular complexity index is 645. The predicted molar refractivity (Wildman–Crippen MR) is 88.8 cm³/mol. The van der Waals surface area contributed by atoms with E-state index in [1.54, 1.807) is 0 Å². The molecule has 1 saturated heterocycles. The highest BCUT2D eigenvalue weighted by Crippen LogP contribution is 2.18. The normalized spacial score (nSPS) is 19.3. The average Bonchev–Trinajstić information content (AvgIpc) is 2.51. The summed E-state index contributed by atoms with van der Waals surface area (Å²) >= 11 is 0. The summed E-state index contributed by atoms with van der Waals surface area (Å²) in [6.45, 7) is 3.55. The molecule has 1 heterocycles. The van der Waals surface area contributed by atoms with Crippen LogP contribution in [0, 0.1) is 12.8 Å². The number of carbonyl (C=O) groups excluding carboxylic acids is 1. The summed E-state index contributed by atoms with van der Waals surface area (Å²) in [5.74, 6) is 0.392. The zero-order valence-electron chi connectivity index (χ0n) is 13.6. The number of piperidine rings is 1. The second-order valence-electron chi connectivity index (χ2n) is 5.92. The molecule has 0 unspecified atom stereocenters. The van der Waals surface area contributed by atoms with Gasteiger partial charge in [0.1, 0.15) is 12.4 Å². The van der Waals surface area contributed by atoms with Gasteiger partial charge in [0.2, 0.25) is 15.9 Å². The number of ether oxygens (including phenoxy) is 1. The van der Waals surface area contributed by atoms with Crippen LogP contribution in [0.2, 0.25) is 0 Å². The van der Waals surface area contributed by atoms with Gasteiger partial charge in [-0.3, -0.25) is 4.79 Å². The monoisotopic (exact) mass is 340 g/mol. The highest BCUT2D eigenvalue weighted by atomic mass is 32.2. The Morgan fingerprint density at radius 1 is 1.43 bits per heavy atom. The van der Waals surface area contributed by atoms with Crippen LogP contribution in [0.5, 0.6) is 5.75 Å². The fraction of sp³-hybridized carbons (Fsp3) is 0.562. The largest absolute Gasteiger partial charge is 0.492 e. The minimum atomic E-state index is -3.23. The van der Waals surface area contributed by atoms with Gasteiger partial charge in [0, 0.05) is 13.1 Å². The summed E-state index contributed by atoms with van der Waals surface area (Å²) in [6, 6.07) is 7.73. The first-order chi connectivity index (χ1) is 10.9. The van der Waals surface area contributed by atoms with Gasteiger partial charge >= 0.3 is 0 Å². The average molecular weight is 340 g/mol. The summed E-state index contributed by atoms with van der Waals surface area (Å²) in [5.41, 5.74) is 1.12. The molecule has 1 aliphatic rings. The molecule has 1 aliphatic heterocycles. The van der Waals surface area contributed by atoms with Crippen molar-refractivity contribution >= 4 is 15.9 Å². The van der Waals surface area contributed by atoms with Crippen molar-refractivity contribution in [1.29, 1.82) is 0 Å². The first-order valence-corrected chi connectivity index (χ1v) is 9.63. The quantitative estimate of drug-likeness (QED) is 0.789. The fourth-order valence-corrected chi connectivity index (χ4v) is 3.56. The molecule has 1 fully saturated rings. The van der Waals surface area contributed by atoms with Crippen LogP contribution in [0.25, 0.3) is 0 Å². The van der Waals surface area contributed by atoms with Crippen molar-refractivity contribution in [1.82, 2.24) is 9.62 Å². The molecular weight excluding hydrogens is 316 g/mol. The Hall–Kier alpha value is -1.60. The smallest absolute Gasteiger partial charge is 0.224 e. The molecule has 128 valence electrons. The molecule has 1 N–H and O–H groups in total. The summed E-state index contributed by atoms with van der Waals surface area (Å²) < 4.78 is 30.1. The van der Waals surface area contributed by atoms with Gasteiger partial charge in [-0.25, -0.2) is 12.7 Å². The molecular formula is C16H24N2O4S. The van der Waals surface area contributed by atoms with Crippen molar-refractivity contribution in [2.24, 2.45) is 5.92 Å². The minimum absolute atomic E-state index is 0.105. The summed E-state index contributed by atoms with van der Waals surface area (Å²) in [6.07, 6.45) is 2.62. The number of amides is 1. The Kier molecular flexibility index (Phi) is 6.01. The van der Waals surface area contributed by atoms with E-state index in [1.807, 2.05) is 31.2 Å². The number of hydrogen-bond donors (Lipinski definition) is 1. The molecule has 0 spiro atoms. The maximum atomic E-state index is 12.1. The molecule has 1 aromatic carbocycles. The van der Waals surface area contributed by atoms with Crippen LogP contribution in [0.4, 0.5) is 0 Å². The minimum Gasteiger partial charge on any atom is -0.492 e. The standard InChI is InChI=1S/C16H24N2O4S/c1-13-5-3-7-15(11-13)22-10-8-17-16(19)14-6-4-9-18(12-14)23(2,20)21/h3,5,7,11,14H,4,6,8-10,12H2,1-2H3,(H,17,19)/t14-/m1/s1. The van der Waals surface area contributed by atoms with E-state index in [2.05, 4.69) is 5.32 Å². The van der Waals surface area contributed by atoms with Crippen LogP contribution >= 0.6 is 0 Å². The van der Waals surface area contributed by atoms with Crippen LogP contribution in [0.3, 0.4) is 0 Å². The van der Waals surface area contributed by atoms with Crippen LogP contribution in [-0.4, -0.2) is 51.1 Å². The Morgan fingerprint density at radius 2 is 2.22 bits per heavy atom. The topological polar surface area (TPSA) is 75.7 Å². The van der Waals surface area contributed by atoms with Crippen molar-refractivity contribution in [3.63, 3.8) is 0 Å². The van der Waals surface area contributed by atoms with Gasteiger partial charge in [-0.1, -0.05) is 12.1 Å². The van der Waals surface area contributed by atoms with Crippen molar-refractivity contribution in [3.8, 4) is 5.75 Å². The number of hydrogen-bond acceptors (Lipinski definition) is 4. The molecule has 1 atom stereocenters. The van der Waals surface area contributed by atoms with Crippen LogP contribution < -0.4 is 10.1 Å². The molecule has 1 amide bonds. The van der Waals surface area contributed by atoms with Crippen molar-refractivity contribution < 1.29 is 17.9 Å². The maximum absolute atomic E-state index is 12.1. The number of benzene rings is 1. The van der Waals surface area contributed by atoms with Gasteiger partial charge in [0.05, 0.1) is 18.7 Å². The van der Waals surface area contributed by atoms with E-state index in [4.69, 9.17) is 4.74 Å². The molecule has 0 bridgehead atoms. The lowest BCUT2D eigenvalue weighted by Crippen LogP contribution is -2.45. The Labute approximate surface area is 137 Å². The first-order valence-electron chi connectivity index (χ1n) is 7.78. The van der Waals surface area contributed by atoms with Gasteiger partial charge in [-0.05, 0) is 37.5 Å². The van der Waals surface area contributed by atoms with E-state index in [9.17, 15) is 13.2 Å². The van der Waals surface area contributed by atoms with Crippen LogP contribution in [-0.2, 0) is 14.8 Å². The number of sulfonamides is 1. The molecule has 23 heavy (non-hydrogen) atoms. The van der Waals surface area contributed by atoms with E-state index in [0.29, 0.717) is 26.1 Å². The molecule has 2 rings (SSSR count). The highest BCUT2D eigenvalue weighted by molar-refractivity contribution is 7.88. The number of aryl methyl sites for hydroxylation is 1. The van der Waals surface area contributed by atoms with E-state index < -0.39 is 10.0 Å². The second kappa shape index (κ2) is 7.79. The van der Waals surface area contributed by atoms with Gasteiger partial charge < -0.3 is 10.1 Å². The van der Waals surface area contributed by atoms with Gasteiger partial charge in [-0.2, -0.15) is 0 Å². The van der Waals surface area contributed by atoms with E-state index >= 15 is 0 Å². The number of rotatable bonds is 6. The number of carbonyl (C=O) groups is 1. The van der Waals surface area contributed by atoms with E-state index in [-0.39, 0.29) is 18.4 Å². The van der Waals surface area contributed by atoms with Crippen LogP contribution in [0.15, 0.2) is 24.3 Å². The predicted octanol–water partition coefficient (Wildman–Crippen LogP) is 1.16. The lowest BCUT2D eigenvalue weighted by Gasteiger charge is -2.30. The Morgan fingerprint density at radius 3 is 2.91 bits per heavy atom.